The highest BCUT2D eigenvalue weighted by Crippen LogP contribution is 2.12. The normalized spacial score (nSPS) is 10.9. The van der Waals surface area contributed by atoms with Gasteiger partial charge >= 0.3 is 0 Å². The molecule has 0 amide bonds. The van der Waals surface area contributed by atoms with Crippen molar-refractivity contribution in [2.24, 2.45) is 0 Å². The van der Waals surface area contributed by atoms with Gasteiger partial charge in [0.05, 0.1) is 0 Å². The molecule has 2 heteroatoms. The second kappa shape index (κ2) is 5.78. The zero-order chi connectivity index (χ0) is 10.4. The molecule has 0 spiro atoms. The van der Waals surface area contributed by atoms with Crippen molar-refractivity contribution in [1.82, 2.24) is 0 Å². The first-order chi connectivity index (χ1) is 6.74. The third-order valence-corrected chi connectivity index (χ3v) is 2.35. The van der Waals surface area contributed by atoms with Crippen molar-refractivity contribution in [3.8, 4) is 0 Å². The summed E-state index contributed by atoms with van der Waals surface area (Å²) in [5, 5.41) is 17.8. The zero-order valence-electron chi connectivity index (χ0n) is 8.61. The highest BCUT2D eigenvalue weighted by Gasteiger charge is 2.01. The van der Waals surface area contributed by atoms with E-state index in [4.69, 9.17) is 10.2 Å². The van der Waals surface area contributed by atoms with Crippen molar-refractivity contribution < 1.29 is 10.2 Å². The third-order valence-electron chi connectivity index (χ3n) is 2.35. The van der Waals surface area contributed by atoms with Gasteiger partial charge in [0.15, 0.2) is 6.29 Å². The lowest BCUT2D eigenvalue weighted by atomic mass is 10.1. The molecule has 1 aromatic rings. The fourth-order valence-electron chi connectivity index (χ4n) is 1.44. The summed E-state index contributed by atoms with van der Waals surface area (Å²) in [4.78, 5) is 0. The molecule has 0 unspecified atom stereocenters. The Morgan fingerprint density at radius 2 is 1.71 bits per heavy atom. The Morgan fingerprint density at radius 1 is 1.07 bits per heavy atom. The van der Waals surface area contributed by atoms with Crippen LogP contribution in [0.4, 0.5) is 0 Å². The van der Waals surface area contributed by atoms with Gasteiger partial charge in [-0.15, -0.1) is 0 Å². The van der Waals surface area contributed by atoms with Crippen LogP contribution < -0.4 is 0 Å². The standard InChI is InChI=1S/C12H18O2/c1-2-3-4-5-10-6-8-11(9-7-10)12(13)14/h6-9,12-14H,2-5H2,1H3. The van der Waals surface area contributed by atoms with Crippen molar-refractivity contribution in [2.75, 3.05) is 0 Å². The van der Waals surface area contributed by atoms with Crippen LogP contribution in [-0.2, 0) is 6.42 Å². The average molecular weight is 194 g/mol. The first-order valence-corrected chi connectivity index (χ1v) is 5.19. The van der Waals surface area contributed by atoms with Crippen LogP contribution in [0.5, 0.6) is 0 Å². The summed E-state index contributed by atoms with van der Waals surface area (Å²) in [6, 6.07) is 7.47. The van der Waals surface area contributed by atoms with Gasteiger partial charge in [0.2, 0.25) is 0 Å². The van der Waals surface area contributed by atoms with Gasteiger partial charge in [-0.3, -0.25) is 0 Å². The van der Waals surface area contributed by atoms with Gasteiger partial charge in [0, 0.05) is 5.56 Å². The first-order valence-electron chi connectivity index (χ1n) is 5.19. The zero-order valence-corrected chi connectivity index (χ0v) is 8.61. The molecule has 0 bridgehead atoms. The number of aryl methyl sites for hydroxylation is 1. The first kappa shape index (κ1) is 11.2. The third kappa shape index (κ3) is 3.48. The summed E-state index contributed by atoms with van der Waals surface area (Å²) in [5.41, 5.74) is 1.83. The summed E-state index contributed by atoms with van der Waals surface area (Å²) in [5.74, 6) is 0. The average Bonchev–Trinajstić information content (AvgIpc) is 2.19. The van der Waals surface area contributed by atoms with E-state index in [2.05, 4.69) is 6.92 Å². The molecule has 1 aromatic carbocycles. The Kier molecular flexibility index (Phi) is 4.63. The Labute approximate surface area is 85.2 Å². The van der Waals surface area contributed by atoms with Crippen LogP contribution in [0.2, 0.25) is 0 Å². The van der Waals surface area contributed by atoms with E-state index >= 15 is 0 Å². The largest absolute Gasteiger partial charge is 0.364 e. The van der Waals surface area contributed by atoms with Crippen molar-refractivity contribution in [3.63, 3.8) is 0 Å². The van der Waals surface area contributed by atoms with Gasteiger partial charge in [0.1, 0.15) is 0 Å². The summed E-state index contributed by atoms with van der Waals surface area (Å²) >= 11 is 0. The van der Waals surface area contributed by atoms with Crippen molar-refractivity contribution in [1.29, 1.82) is 0 Å². The Hall–Kier alpha value is -0.860. The van der Waals surface area contributed by atoms with E-state index in [1.54, 1.807) is 12.1 Å². The van der Waals surface area contributed by atoms with Crippen LogP contribution in [0, 0.1) is 0 Å². The fourth-order valence-corrected chi connectivity index (χ4v) is 1.44. The lowest BCUT2D eigenvalue weighted by Crippen LogP contribution is -1.94. The van der Waals surface area contributed by atoms with E-state index in [9.17, 15) is 0 Å². The summed E-state index contributed by atoms with van der Waals surface area (Å²) in [6.07, 6.45) is 3.42. The van der Waals surface area contributed by atoms with E-state index in [-0.39, 0.29) is 0 Å². The maximum absolute atomic E-state index is 8.88. The maximum Gasteiger partial charge on any atom is 0.178 e. The minimum atomic E-state index is -1.35. The maximum atomic E-state index is 8.88. The molecule has 78 valence electrons. The molecule has 0 aliphatic rings. The molecule has 1 rings (SSSR count). The fraction of sp³-hybridized carbons (Fsp3) is 0.500. The van der Waals surface area contributed by atoms with E-state index in [1.807, 2.05) is 12.1 Å². The van der Waals surface area contributed by atoms with Crippen molar-refractivity contribution in [2.45, 2.75) is 38.9 Å². The molecule has 0 atom stereocenters. The predicted molar refractivity (Wildman–Crippen MR) is 56.8 cm³/mol. The van der Waals surface area contributed by atoms with Crippen LogP contribution in [0.25, 0.3) is 0 Å². The number of aliphatic hydroxyl groups is 2. The number of benzene rings is 1. The highest BCUT2D eigenvalue weighted by atomic mass is 16.5. The van der Waals surface area contributed by atoms with Gasteiger partial charge < -0.3 is 10.2 Å². The van der Waals surface area contributed by atoms with Gasteiger partial charge in [-0.2, -0.15) is 0 Å². The molecule has 0 radical (unpaired) electrons. The summed E-state index contributed by atoms with van der Waals surface area (Å²) < 4.78 is 0. The van der Waals surface area contributed by atoms with E-state index in [0.29, 0.717) is 5.56 Å². The Morgan fingerprint density at radius 3 is 2.21 bits per heavy atom. The molecule has 2 nitrogen and oxygen atoms in total. The molecule has 14 heavy (non-hydrogen) atoms. The van der Waals surface area contributed by atoms with Crippen LogP contribution in [0.3, 0.4) is 0 Å². The number of hydrogen-bond donors (Lipinski definition) is 2. The minimum Gasteiger partial charge on any atom is -0.364 e. The topological polar surface area (TPSA) is 40.5 Å². The molecule has 0 aromatic heterocycles. The smallest absolute Gasteiger partial charge is 0.178 e. The molecule has 0 fully saturated rings. The predicted octanol–water partition coefficient (Wildman–Crippen LogP) is 2.40. The summed E-state index contributed by atoms with van der Waals surface area (Å²) in [6.45, 7) is 2.19. The van der Waals surface area contributed by atoms with Gasteiger partial charge in [-0.1, -0.05) is 44.0 Å². The van der Waals surface area contributed by atoms with Gasteiger partial charge in [-0.25, -0.2) is 0 Å². The molecule has 2 N–H and O–H groups in total. The summed E-state index contributed by atoms with van der Waals surface area (Å²) in [7, 11) is 0. The number of rotatable bonds is 5. The van der Waals surface area contributed by atoms with E-state index in [0.717, 1.165) is 6.42 Å². The van der Waals surface area contributed by atoms with Gasteiger partial charge in [0.25, 0.3) is 0 Å². The molecule has 0 heterocycles. The second-order valence-electron chi connectivity index (χ2n) is 3.57. The Balaban J connectivity index is 2.47. The molecule has 0 aliphatic carbocycles. The number of aliphatic hydroxyl groups excluding tert-OH is 1. The number of hydrogen-bond acceptors (Lipinski definition) is 2. The molecule has 0 saturated heterocycles. The lowest BCUT2D eigenvalue weighted by molar-refractivity contribution is -0.0424. The molecule has 0 aliphatic heterocycles. The molecular formula is C12H18O2. The minimum absolute atomic E-state index is 0.559. The quantitative estimate of drug-likeness (QED) is 0.558. The van der Waals surface area contributed by atoms with Crippen LogP contribution in [-0.4, -0.2) is 10.2 Å². The van der Waals surface area contributed by atoms with E-state index < -0.39 is 6.29 Å². The van der Waals surface area contributed by atoms with Gasteiger partial charge in [-0.05, 0) is 18.4 Å². The van der Waals surface area contributed by atoms with E-state index in [1.165, 1.54) is 24.8 Å². The monoisotopic (exact) mass is 194 g/mol. The van der Waals surface area contributed by atoms with Crippen LogP contribution in [0.1, 0.15) is 43.6 Å². The molecular weight excluding hydrogens is 176 g/mol. The SMILES string of the molecule is CCCCCc1ccc(C(O)O)cc1. The van der Waals surface area contributed by atoms with Crippen molar-refractivity contribution in [3.05, 3.63) is 35.4 Å². The number of unbranched alkanes of at least 4 members (excludes halogenated alkanes) is 2. The molecule has 0 saturated carbocycles. The van der Waals surface area contributed by atoms with Crippen LogP contribution in [0.15, 0.2) is 24.3 Å². The Bertz CT molecular complexity index is 252. The van der Waals surface area contributed by atoms with Crippen molar-refractivity contribution >= 4 is 0 Å². The second-order valence-corrected chi connectivity index (χ2v) is 3.57. The van der Waals surface area contributed by atoms with Crippen LogP contribution >= 0.6 is 0 Å². The highest BCUT2D eigenvalue weighted by molar-refractivity contribution is 5.23. The lowest BCUT2D eigenvalue weighted by Gasteiger charge is -2.05.